The maximum Gasteiger partial charge on any atom is 0.317 e. The summed E-state index contributed by atoms with van der Waals surface area (Å²) >= 11 is 0. The molecule has 1 N–H and O–H groups in total. The Labute approximate surface area is 90.2 Å². The third-order valence-electron chi connectivity index (χ3n) is 3.45. The van der Waals surface area contributed by atoms with Gasteiger partial charge in [-0.2, -0.15) is 0 Å². The summed E-state index contributed by atoms with van der Waals surface area (Å²) in [5, 5.41) is 8.90. The molecule has 15 heavy (non-hydrogen) atoms. The van der Waals surface area contributed by atoms with E-state index in [-0.39, 0.29) is 6.54 Å². The Morgan fingerprint density at radius 1 is 1.20 bits per heavy atom. The van der Waals surface area contributed by atoms with Crippen molar-refractivity contribution in [1.82, 2.24) is 4.90 Å². The molecule has 0 aromatic carbocycles. The van der Waals surface area contributed by atoms with Gasteiger partial charge in [0.2, 0.25) is 0 Å². The molecular formula is C11H19NO3. The van der Waals surface area contributed by atoms with Gasteiger partial charge in [-0.15, -0.1) is 0 Å². The number of rotatable bonds is 4. The molecule has 0 amide bonds. The first kappa shape index (κ1) is 10.9. The van der Waals surface area contributed by atoms with Crippen LogP contribution in [0.4, 0.5) is 0 Å². The number of hydrogen-bond donors (Lipinski definition) is 1. The van der Waals surface area contributed by atoms with E-state index in [1.54, 1.807) is 0 Å². The Morgan fingerprint density at radius 2 is 1.87 bits per heavy atom. The fourth-order valence-electron chi connectivity index (χ4n) is 2.54. The van der Waals surface area contributed by atoms with Gasteiger partial charge < -0.3 is 9.84 Å². The lowest BCUT2D eigenvalue weighted by molar-refractivity contribution is -0.145. The summed E-state index contributed by atoms with van der Waals surface area (Å²) in [6.07, 6.45) is 6.11. The van der Waals surface area contributed by atoms with E-state index in [0.717, 1.165) is 12.8 Å². The normalized spacial score (nSPS) is 24.1. The van der Waals surface area contributed by atoms with Crippen molar-refractivity contribution >= 4 is 5.97 Å². The maximum atomic E-state index is 10.8. The van der Waals surface area contributed by atoms with Crippen molar-refractivity contribution in [2.45, 2.75) is 44.2 Å². The lowest BCUT2D eigenvalue weighted by Gasteiger charge is -2.42. The second kappa shape index (κ2) is 4.94. The Morgan fingerprint density at radius 3 is 2.33 bits per heavy atom. The molecule has 0 aromatic heterocycles. The molecule has 2 fully saturated rings. The van der Waals surface area contributed by atoms with Gasteiger partial charge in [0.25, 0.3) is 0 Å². The van der Waals surface area contributed by atoms with E-state index in [0.29, 0.717) is 25.3 Å². The highest BCUT2D eigenvalue weighted by Gasteiger charge is 2.33. The number of ether oxygens (including phenoxy) is 1. The molecular weight excluding hydrogens is 194 g/mol. The van der Waals surface area contributed by atoms with Crippen LogP contribution >= 0.6 is 0 Å². The molecule has 0 aromatic rings. The Balaban J connectivity index is 1.92. The Bertz CT molecular complexity index is 222. The molecule has 0 atom stereocenters. The van der Waals surface area contributed by atoms with E-state index in [4.69, 9.17) is 9.84 Å². The van der Waals surface area contributed by atoms with Gasteiger partial charge in [-0.25, -0.2) is 0 Å². The summed E-state index contributed by atoms with van der Waals surface area (Å²) in [5.74, 6) is -0.715. The second-order valence-electron chi connectivity index (χ2n) is 4.55. The minimum atomic E-state index is -0.715. The molecule has 1 aliphatic carbocycles. The summed E-state index contributed by atoms with van der Waals surface area (Å²) in [6.45, 7) is 1.60. The van der Waals surface area contributed by atoms with Gasteiger partial charge in [-0.05, 0) is 12.8 Å². The standard InChI is InChI=1S/C11H19NO3/c13-11(14)6-12(10-7-15-8-10)9-4-2-1-3-5-9/h9-10H,1-8H2,(H,13,14). The summed E-state index contributed by atoms with van der Waals surface area (Å²) in [4.78, 5) is 13.0. The third-order valence-corrected chi connectivity index (χ3v) is 3.45. The summed E-state index contributed by atoms with van der Waals surface area (Å²) in [6, 6.07) is 0.827. The summed E-state index contributed by atoms with van der Waals surface area (Å²) < 4.78 is 5.15. The molecule has 4 heteroatoms. The number of hydrogen-bond acceptors (Lipinski definition) is 3. The van der Waals surface area contributed by atoms with Crippen molar-refractivity contribution in [3.8, 4) is 0 Å². The Kier molecular flexibility index (Phi) is 3.59. The van der Waals surface area contributed by atoms with Crippen LogP contribution in [0.25, 0.3) is 0 Å². The number of carboxylic acids is 1. The van der Waals surface area contributed by atoms with Gasteiger partial charge in [0.05, 0.1) is 25.8 Å². The van der Waals surface area contributed by atoms with Crippen molar-refractivity contribution in [3.05, 3.63) is 0 Å². The molecule has 1 saturated carbocycles. The predicted molar refractivity (Wildman–Crippen MR) is 55.8 cm³/mol. The molecule has 0 unspecified atom stereocenters. The topological polar surface area (TPSA) is 49.8 Å². The predicted octanol–water partition coefficient (Wildman–Crippen LogP) is 1.10. The highest BCUT2D eigenvalue weighted by molar-refractivity contribution is 5.69. The van der Waals surface area contributed by atoms with E-state index in [2.05, 4.69) is 4.90 Å². The van der Waals surface area contributed by atoms with E-state index < -0.39 is 5.97 Å². The fourth-order valence-corrected chi connectivity index (χ4v) is 2.54. The van der Waals surface area contributed by atoms with Crippen molar-refractivity contribution in [2.24, 2.45) is 0 Å². The lowest BCUT2D eigenvalue weighted by atomic mass is 9.93. The summed E-state index contributed by atoms with van der Waals surface area (Å²) in [5.41, 5.74) is 0. The van der Waals surface area contributed by atoms with Gasteiger partial charge in [-0.1, -0.05) is 19.3 Å². The van der Waals surface area contributed by atoms with Crippen LogP contribution < -0.4 is 0 Å². The maximum absolute atomic E-state index is 10.8. The first-order valence-electron chi connectivity index (χ1n) is 5.82. The molecule has 0 radical (unpaired) electrons. The molecule has 0 bridgehead atoms. The summed E-state index contributed by atoms with van der Waals surface area (Å²) in [7, 11) is 0. The molecule has 1 heterocycles. The highest BCUT2D eigenvalue weighted by Crippen LogP contribution is 2.25. The van der Waals surface area contributed by atoms with Gasteiger partial charge in [-0.3, -0.25) is 9.69 Å². The zero-order valence-electron chi connectivity index (χ0n) is 9.02. The largest absolute Gasteiger partial charge is 0.480 e. The molecule has 2 rings (SSSR count). The van der Waals surface area contributed by atoms with Crippen molar-refractivity contribution in [1.29, 1.82) is 0 Å². The van der Waals surface area contributed by atoms with E-state index in [1.165, 1.54) is 19.3 Å². The quantitative estimate of drug-likeness (QED) is 0.760. The minimum absolute atomic E-state index is 0.179. The fraction of sp³-hybridized carbons (Fsp3) is 0.909. The van der Waals surface area contributed by atoms with Crippen LogP contribution in [0.15, 0.2) is 0 Å². The van der Waals surface area contributed by atoms with Gasteiger partial charge in [0, 0.05) is 6.04 Å². The average molecular weight is 213 g/mol. The number of carboxylic acid groups (broad SMARTS) is 1. The van der Waals surface area contributed by atoms with Crippen LogP contribution in [0.1, 0.15) is 32.1 Å². The van der Waals surface area contributed by atoms with Crippen LogP contribution in [0, 0.1) is 0 Å². The smallest absolute Gasteiger partial charge is 0.317 e. The van der Waals surface area contributed by atoms with E-state index in [9.17, 15) is 4.79 Å². The molecule has 0 spiro atoms. The zero-order valence-corrected chi connectivity index (χ0v) is 9.02. The van der Waals surface area contributed by atoms with Gasteiger partial charge in [0.15, 0.2) is 0 Å². The SMILES string of the molecule is O=C(O)CN(C1CCCCC1)C1COC1. The van der Waals surface area contributed by atoms with Crippen LogP contribution in [0.3, 0.4) is 0 Å². The minimum Gasteiger partial charge on any atom is -0.480 e. The average Bonchev–Trinajstić information content (AvgIpc) is 2.15. The van der Waals surface area contributed by atoms with Crippen LogP contribution in [-0.4, -0.2) is 47.8 Å². The number of carbonyl (C=O) groups is 1. The molecule has 86 valence electrons. The van der Waals surface area contributed by atoms with E-state index in [1.807, 2.05) is 0 Å². The first-order valence-corrected chi connectivity index (χ1v) is 5.82. The van der Waals surface area contributed by atoms with Crippen LogP contribution in [-0.2, 0) is 9.53 Å². The number of aliphatic carboxylic acids is 1. The van der Waals surface area contributed by atoms with Crippen molar-refractivity contribution in [3.63, 3.8) is 0 Å². The lowest BCUT2D eigenvalue weighted by Crippen LogP contribution is -2.55. The monoisotopic (exact) mass is 213 g/mol. The zero-order chi connectivity index (χ0) is 10.7. The first-order chi connectivity index (χ1) is 7.27. The van der Waals surface area contributed by atoms with Crippen LogP contribution in [0.2, 0.25) is 0 Å². The van der Waals surface area contributed by atoms with E-state index >= 15 is 0 Å². The molecule has 4 nitrogen and oxygen atoms in total. The van der Waals surface area contributed by atoms with Gasteiger partial charge >= 0.3 is 5.97 Å². The van der Waals surface area contributed by atoms with Gasteiger partial charge in [0.1, 0.15) is 0 Å². The molecule has 2 aliphatic rings. The van der Waals surface area contributed by atoms with Crippen molar-refractivity contribution in [2.75, 3.05) is 19.8 Å². The number of nitrogens with zero attached hydrogens (tertiary/aromatic N) is 1. The second-order valence-corrected chi connectivity index (χ2v) is 4.55. The molecule has 1 aliphatic heterocycles. The Hall–Kier alpha value is -0.610. The van der Waals surface area contributed by atoms with Crippen molar-refractivity contribution < 1.29 is 14.6 Å². The third kappa shape index (κ3) is 2.69. The molecule has 1 saturated heterocycles. The van der Waals surface area contributed by atoms with Crippen LogP contribution in [0.5, 0.6) is 0 Å². The highest BCUT2D eigenvalue weighted by atomic mass is 16.5.